The minimum Gasteiger partial charge on any atom is -0.354 e. The highest BCUT2D eigenvalue weighted by molar-refractivity contribution is 5.81. The maximum Gasteiger partial charge on any atom is 0.261 e. The summed E-state index contributed by atoms with van der Waals surface area (Å²) in [6.07, 6.45) is 3.78. The quantitative estimate of drug-likeness (QED) is 0.889. The summed E-state index contributed by atoms with van der Waals surface area (Å²) in [7, 11) is 0. The normalized spacial score (nSPS) is 18.4. The lowest BCUT2D eigenvalue weighted by Gasteiger charge is -2.35. The van der Waals surface area contributed by atoms with Crippen molar-refractivity contribution in [2.24, 2.45) is 5.92 Å². The van der Waals surface area contributed by atoms with Crippen molar-refractivity contribution in [3.05, 3.63) is 40.4 Å². The number of benzene rings is 1. The van der Waals surface area contributed by atoms with E-state index in [9.17, 15) is 9.59 Å². The van der Waals surface area contributed by atoms with E-state index in [4.69, 9.17) is 0 Å². The van der Waals surface area contributed by atoms with Crippen molar-refractivity contribution < 1.29 is 4.79 Å². The molecule has 0 radical (unpaired) electrons. The third-order valence-electron chi connectivity index (χ3n) is 5.24. The molecule has 0 saturated carbocycles. The highest BCUT2D eigenvalue weighted by Gasteiger charge is 2.22. The summed E-state index contributed by atoms with van der Waals surface area (Å²) >= 11 is 0. The molecule has 0 aliphatic carbocycles. The molecule has 1 aliphatic heterocycles. The molecule has 0 unspecified atom stereocenters. The Kier molecular flexibility index (Phi) is 5.71. The lowest BCUT2D eigenvalue weighted by Crippen LogP contribution is -2.44. The number of hydrogen-bond acceptors (Lipinski definition) is 4. The minimum atomic E-state index is -0.169. The van der Waals surface area contributed by atoms with Crippen LogP contribution in [0.4, 0.5) is 0 Å². The van der Waals surface area contributed by atoms with Gasteiger partial charge >= 0.3 is 0 Å². The largest absolute Gasteiger partial charge is 0.354 e. The number of carbonyl (C=O) groups excluding carboxylic acids is 1. The molecule has 1 fully saturated rings. The van der Waals surface area contributed by atoms with Gasteiger partial charge in [-0.25, -0.2) is 4.98 Å². The first-order valence-electron chi connectivity index (χ1n) is 9.41. The second kappa shape index (κ2) is 7.99. The molecular formula is C20H28N4O2. The monoisotopic (exact) mass is 356 g/mol. The van der Waals surface area contributed by atoms with Crippen molar-refractivity contribution in [2.75, 3.05) is 19.6 Å². The van der Waals surface area contributed by atoms with E-state index in [0.29, 0.717) is 29.4 Å². The maximum absolute atomic E-state index is 12.6. The fourth-order valence-corrected chi connectivity index (χ4v) is 3.65. The van der Waals surface area contributed by atoms with Crippen LogP contribution in [-0.2, 0) is 11.3 Å². The number of carbonyl (C=O) groups is 1. The Morgan fingerprint density at radius 3 is 2.96 bits per heavy atom. The van der Waals surface area contributed by atoms with Gasteiger partial charge < -0.3 is 10.2 Å². The number of para-hydroxylation sites is 1. The number of likely N-dealkylation sites (tertiary alicyclic amines) is 1. The van der Waals surface area contributed by atoms with Gasteiger partial charge in [0.2, 0.25) is 5.91 Å². The van der Waals surface area contributed by atoms with Gasteiger partial charge in [-0.2, -0.15) is 0 Å². The number of nitrogens with zero attached hydrogens (tertiary/aromatic N) is 3. The van der Waals surface area contributed by atoms with Crippen LogP contribution in [-0.4, -0.2) is 46.0 Å². The number of aryl methyl sites for hydroxylation is 1. The molecule has 1 aromatic heterocycles. The SMILES string of the molecule is Cc1cccc2c(=O)n(CC(=O)NC[C@@H]3CCCN(C(C)C)C3)cnc12. The van der Waals surface area contributed by atoms with E-state index in [1.807, 2.05) is 19.1 Å². The van der Waals surface area contributed by atoms with Gasteiger partial charge in [-0.3, -0.25) is 14.2 Å². The van der Waals surface area contributed by atoms with Crippen molar-refractivity contribution >= 4 is 16.8 Å². The molecule has 1 aliphatic rings. The standard InChI is InChI=1S/C20H28N4O2/c1-14(2)23-9-5-7-16(11-23)10-21-18(25)12-24-13-22-19-15(3)6-4-8-17(19)20(24)26/h4,6,8,13-14,16H,5,7,9-12H2,1-3H3,(H,21,25)/t16-/m0/s1. The van der Waals surface area contributed by atoms with E-state index in [2.05, 4.69) is 29.0 Å². The Labute approximate surface area is 154 Å². The predicted molar refractivity (Wildman–Crippen MR) is 103 cm³/mol. The number of fused-ring (bicyclic) bond motifs is 1. The molecule has 6 nitrogen and oxygen atoms in total. The first-order chi connectivity index (χ1) is 12.5. The van der Waals surface area contributed by atoms with E-state index in [-0.39, 0.29) is 18.0 Å². The zero-order valence-corrected chi connectivity index (χ0v) is 15.9. The van der Waals surface area contributed by atoms with Crippen molar-refractivity contribution in [1.29, 1.82) is 0 Å². The summed E-state index contributed by atoms with van der Waals surface area (Å²) in [6.45, 7) is 9.18. The highest BCUT2D eigenvalue weighted by atomic mass is 16.2. The van der Waals surface area contributed by atoms with E-state index < -0.39 is 0 Å². The zero-order valence-electron chi connectivity index (χ0n) is 15.9. The van der Waals surface area contributed by atoms with Gasteiger partial charge in [0.15, 0.2) is 0 Å². The Bertz CT molecular complexity index is 843. The first-order valence-corrected chi connectivity index (χ1v) is 9.41. The first kappa shape index (κ1) is 18.6. The molecule has 2 aromatic rings. The Hall–Kier alpha value is -2.21. The fourth-order valence-electron chi connectivity index (χ4n) is 3.65. The summed E-state index contributed by atoms with van der Waals surface area (Å²) in [5.74, 6) is 0.340. The number of nitrogens with one attached hydrogen (secondary N) is 1. The van der Waals surface area contributed by atoms with E-state index in [0.717, 1.165) is 25.1 Å². The topological polar surface area (TPSA) is 67.2 Å². The Morgan fingerprint density at radius 1 is 1.38 bits per heavy atom. The number of aromatic nitrogens is 2. The Morgan fingerprint density at radius 2 is 2.19 bits per heavy atom. The van der Waals surface area contributed by atoms with Crippen molar-refractivity contribution in [3.8, 4) is 0 Å². The summed E-state index contributed by atoms with van der Waals surface area (Å²) in [5, 5.41) is 3.55. The summed E-state index contributed by atoms with van der Waals surface area (Å²) < 4.78 is 1.39. The molecule has 26 heavy (non-hydrogen) atoms. The second-order valence-corrected chi connectivity index (χ2v) is 7.55. The average Bonchev–Trinajstić information content (AvgIpc) is 2.63. The average molecular weight is 356 g/mol. The van der Waals surface area contributed by atoms with Gasteiger partial charge in [0.25, 0.3) is 5.56 Å². The van der Waals surface area contributed by atoms with Crippen LogP contribution < -0.4 is 10.9 Å². The summed E-state index contributed by atoms with van der Waals surface area (Å²) in [5.41, 5.74) is 1.49. The predicted octanol–water partition coefficient (Wildman–Crippen LogP) is 1.94. The van der Waals surface area contributed by atoms with Gasteiger partial charge in [0, 0.05) is 19.1 Å². The number of hydrogen-bond donors (Lipinski definition) is 1. The second-order valence-electron chi connectivity index (χ2n) is 7.55. The lowest BCUT2D eigenvalue weighted by atomic mass is 9.97. The zero-order chi connectivity index (χ0) is 18.7. The number of piperidine rings is 1. The third kappa shape index (κ3) is 4.12. The minimum absolute atomic E-state index is 0.0102. The third-order valence-corrected chi connectivity index (χ3v) is 5.24. The van der Waals surface area contributed by atoms with Crippen LogP contribution in [0.5, 0.6) is 0 Å². The summed E-state index contributed by atoms with van der Waals surface area (Å²) in [6, 6.07) is 6.07. The van der Waals surface area contributed by atoms with Crippen molar-refractivity contribution in [3.63, 3.8) is 0 Å². The van der Waals surface area contributed by atoms with Gasteiger partial charge in [-0.05, 0) is 57.7 Å². The molecule has 1 amide bonds. The van der Waals surface area contributed by atoms with Crippen LogP contribution in [0.3, 0.4) is 0 Å². The fraction of sp³-hybridized carbons (Fsp3) is 0.550. The van der Waals surface area contributed by atoms with Crippen molar-refractivity contribution in [1.82, 2.24) is 19.8 Å². The molecule has 140 valence electrons. The van der Waals surface area contributed by atoms with Crippen LogP contribution in [0.15, 0.2) is 29.3 Å². The molecule has 0 spiro atoms. The van der Waals surface area contributed by atoms with E-state index >= 15 is 0 Å². The molecule has 1 aromatic carbocycles. The lowest BCUT2D eigenvalue weighted by molar-refractivity contribution is -0.122. The number of amides is 1. The molecule has 1 atom stereocenters. The molecule has 6 heteroatoms. The number of rotatable bonds is 5. The molecule has 0 bridgehead atoms. The van der Waals surface area contributed by atoms with Crippen LogP contribution in [0, 0.1) is 12.8 Å². The molecule has 1 saturated heterocycles. The van der Waals surface area contributed by atoms with Crippen LogP contribution in [0.1, 0.15) is 32.3 Å². The van der Waals surface area contributed by atoms with E-state index in [1.54, 1.807) is 6.07 Å². The van der Waals surface area contributed by atoms with E-state index in [1.165, 1.54) is 17.3 Å². The molecular weight excluding hydrogens is 328 g/mol. The van der Waals surface area contributed by atoms with Crippen LogP contribution in [0.2, 0.25) is 0 Å². The smallest absolute Gasteiger partial charge is 0.261 e. The molecule has 2 heterocycles. The molecule has 1 N–H and O–H groups in total. The van der Waals surface area contributed by atoms with Gasteiger partial charge in [-0.15, -0.1) is 0 Å². The molecule has 3 rings (SSSR count). The van der Waals surface area contributed by atoms with Crippen LogP contribution in [0.25, 0.3) is 10.9 Å². The maximum atomic E-state index is 12.6. The van der Waals surface area contributed by atoms with Gasteiger partial charge in [-0.1, -0.05) is 12.1 Å². The Balaban J connectivity index is 1.61. The van der Waals surface area contributed by atoms with Crippen LogP contribution >= 0.6 is 0 Å². The van der Waals surface area contributed by atoms with Gasteiger partial charge in [0.1, 0.15) is 6.54 Å². The van der Waals surface area contributed by atoms with Crippen molar-refractivity contribution in [2.45, 2.75) is 46.2 Å². The highest BCUT2D eigenvalue weighted by Crippen LogP contribution is 2.17. The van der Waals surface area contributed by atoms with Gasteiger partial charge in [0.05, 0.1) is 17.2 Å². The summed E-state index contributed by atoms with van der Waals surface area (Å²) in [4.78, 5) is 31.7.